The number of esters is 1. The highest BCUT2D eigenvalue weighted by Crippen LogP contribution is 2.17. The minimum atomic E-state index is -0.357. The van der Waals surface area contributed by atoms with Crippen LogP contribution in [0, 0.1) is 0 Å². The summed E-state index contributed by atoms with van der Waals surface area (Å²) in [5.74, 6) is 0.488. The average molecular weight is 288 g/mol. The van der Waals surface area contributed by atoms with Gasteiger partial charge in [0.15, 0.2) is 0 Å². The van der Waals surface area contributed by atoms with Gasteiger partial charge in [-0.15, -0.1) is 0 Å². The number of hydrogen-bond acceptors (Lipinski definition) is 4. The van der Waals surface area contributed by atoms with Crippen molar-refractivity contribution in [3.8, 4) is 5.75 Å². The maximum Gasteiger partial charge on any atom is 0.354 e. The van der Waals surface area contributed by atoms with Gasteiger partial charge in [-0.05, 0) is 36.8 Å². The number of carbonyl (C=O) groups excluding carboxylic acids is 1. The quantitative estimate of drug-likeness (QED) is 0.802. The average Bonchev–Trinajstić information content (AvgIpc) is 3.01. The smallest absolute Gasteiger partial charge is 0.354 e. The molecule has 1 aromatic heterocycles. The molecule has 0 radical (unpaired) electrons. The number of rotatable bonds is 6. The summed E-state index contributed by atoms with van der Waals surface area (Å²) in [6.45, 7) is 2.73. The lowest BCUT2D eigenvalue weighted by Gasteiger charge is -2.14. The van der Waals surface area contributed by atoms with Crippen LogP contribution in [-0.2, 0) is 11.3 Å². The van der Waals surface area contributed by atoms with Crippen LogP contribution in [0.5, 0.6) is 5.75 Å². The van der Waals surface area contributed by atoms with Crippen LogP contribution in [0.25, 0.3) is 0 Å². The van der Waals surface area contributed by atoms with E-state index in [4.69, 9.17) is 4.74 Å². The van der Waals surface area contributed by atoms with Crippen LogP contribution in [0.3, 0.4) is 0 Å². The fourth-order valence-corrected chi connectivity index (χ4v) is 2.05. The van der Waals surface area contributed by atoms with Crippen molar-refractivity contribution in [2.24, 2.45) is 0 Å². The number of ether oxygens (including phenoxy) is 2. The number of H-pyrrole nitrogens is 1. The first-order valence-corrected chi connectivity index (χ1v) is 6.77. The second kappa shape index (κ2) is 6.95. The molecular weight excluding hydrogens is 268 g/mol. The molecule has 5 heteroatoms. The zero-order valence-electron chi connectivity index (χ0n) is 12.5. The molecule has 1 aromatic carbocycles. The molecule has 0 unspecified atom stereocenters. The van der Waals surface area contributed by atoms with E-state index in [9.17, 15) is 4.79 Å². The molecule has 5 nitrogen and oxygen atoms in total. The monoisotopic (exact) mass is 288 g/mol. The Morgan fingerprint density at radius 1 is 1.19 bits per heavy atom. The largest absolute Gasteiger partial charge is 0.497 e. The van der Waals surface area contributed by atoms with Crippen LogP contribution < -0.4 is 10.1 Å². The summed E-state index contributed by atoms with van der Waals surface area (Å²) >= 11 is 0. The first kappa shape index (κ1) is 15.1. The lowest BCUT2D eigenvalue weighted by Crippen LogP contribution is -2.18. The molecule has 0 aliphatic heterocycles. The number of methoxy groups -OCH3 is 2. The van der Waals surface area contributed by atoms with Gasteiger partial charge in [-0.3, -0.25) is 0 Å². The molecule has 1 atom stereocenters. The van der Waals surface area contributed by atoms with Crippen LogP contribution in [-0.4, -0.2) is 25.2 Å². The van der Waals surface area contributed by atoms with Gasteiger partial charge in [-0.25, -0.2) is 4.79 Å². The van der Waals surface area contributed by atoms with Gasteiger partial charge in [-0.1, -0.05) is 12.1 Å². The zero-order valence-corrected chi connectivity index (χ0v) is 12.5. The topological polar surface area (TPSA) is 63.4 Å². The van der Waals surface area contributed by atoms with E-state index in [1.807, 2.05) is 30.3 Å². The summed E-state index contributed by atoms with van der Waals surface area (Å²) in [5.41, 5.74) is 2.58. The Morgan fingerprint density at radius 3 is 2.52 bits per heavy atom. The molecule has 0 bridgehead atoms. The standard InChI is InChI=1S/C16H20N2O3/c1-11(12-4-7-14(20-2)8-5-12)17-10-13-6-9-15(18-13)16(19)21-3/h4-9,11,17-18H,10H2,1-3H3/t11-/m0/s1. The van der Waals surface area contributed by atoms with Crippen LogP contribution in [0.2, 0.25) is 0 Å². The van der Waals surface area contributed by atoms with Crippen LogP contribution in [0.15, 0.2) is 36.4 Å². The summed E-state index contributed by atoms with van der Waals surface area (Å²) in [7, 11) is 3.02. The van der Waals surface area contributed by atoms with E-state index >= 15 is 0 Å². The van der Waals surface area contributed by atoms with Crippen molar-refractivity contribution in [3.63, 3.8) is 0 Å². The Labute approximate surface area is 124 Å². The molecule has 0 fully saturated rings. The highest BCUT2D eigenvalue weighted by Gasteiger charge is 2.09. The van der Waals surface area contributed by atoms with Gasteiger partial charge in [-0.2, -0.15) is 0 Å². The molecule has 112 valence electrons. The molecule has 2 rings (SSSR count). The maximum absolute atomic E-state index is 11.4. The fourth-order valence-electron chi connectivity index (χ4n) is 2.05. The van der Waals surface area contributed by atoms with Gasteiger partial charge in [0.2, 0.25) is 0 Å². The number of benzene rings is 1. The molecule has 0 aliphatic rings. The lowest BCUT2D eigenvalue weighted by atomic mass is 10.1. The first-order chi connectivity index (χ1) is 10.1. The van der Waals surface area contributed by atoms with Crippen molar-refractivity contribution in [3.05, 3.63) is 53.3 Å². The molecule has 0 aliphatic carbocycles. The van der Waals surface area contributed by atoms with Gasteiger partial charge in [0, 0.05) is 18.3 Å². The normalized spacial score (nSPS) is 12.0. The third-order valence-corrected chi connectivity index (χ3v) is 3.37. The molecule has 0 saturated carbocycles. The summed E-state index contributed by atoms with van der Waals surface area (Å²) < 4.78 is 9.81. The Bertz CT molecular complexity index is 590. The van der Waals surface area contributed by atoms with Gasteiger partial charge >= 0.3 is 5.97 Å². The molecule has 0 saturated heterocycles. The second-order valence-electron chi connectivity index (χ2n) is 4.76. The Morgan fingerprint density at radius 2 is 1.90 bits per heavy atom. The minimum absolute atomic E-state index is 0.195. The summed E-state index contributed by atoms with van der Waals surface area (Å²) in [6, 6.07) is 11.7. The Hall–Kier alpha value is -2.27. The number of carbonyl (C=O) groups is 1. The van der Waals surface area contributed by atoms with Crippen LogP contribution >= 0.6 is 0 Å². The fraction of sp³-hybridized carbons (Fsp3) is 0.312. The van der Waals surface area contributed by atoms with E-state index in [1.54, 1.807) is 13.2 Å². The Balaban J connectivity index is 1.92. The van der Waals surface area contributed by atoms with Crippen molar-refractivity contribution in [2.45, 2.75) is 19.5 Å². The lowest BCUT2D eigenvalue weighted by molar-refractivity contribution is 0.0594. The molecule has 21 heavy (non-hydrogen) atoms. The summed E-state index contributed by atoms with van der Waals surface area (Å²) in [4.78, 5) is 14.4. The molecule has 0 amide bonds. The third kappa shape index (κ3) is 3.86. The van der Waals surface area contributed by atoms with Crippen molar-refractivity contribution < 1.29 is 14.3 Å². The van der Waals surface area contributed by atoms with Crippen LogP contribution in [0.1, 0.15) is 34.7 Å². The Kier molecular flexibility index (Phi) is 5.00. The highest BCUT2D eigenvalue weighted by molar-refractivity contribution is 5.87. The van der Waals surface area contributed by atoms with Crippen molar-refractivity contribution in [1.82, 2.24) is 10.3 Å². The van der Waals surface area contributed by atoms with Crippen LogP contribution in [0.4, 0.5) is 0 Å². The van der Waals surface area contributed by atoms with E-state index in [2.05, 4.69) is 22.0 Å². The second-order valence-corrected chi connectivity index (χ2v) is 4.76. The predicted molar refractivity (Wildman–Crippen MR) is 80.4 cm³/mol. The number of hydrogen-bond donors (Lipinski definition) is 2. The highest BCUT2D eigenvalue weighted by atomic mass is 16.5. The van der Waals surface area contributed by atoms with E-state index in [0.717, 1.165) is 11.4 Å². The number of aromatic amines is 1. The van der Waals surface area contributed by atoms with E-state index < -0.39 is 0 Å². The molecule has 1 heterocycles. The van der Waals surface area contributed by atoms with Gasteiger partial charge in [0.25, 0.3) is 0 Å². The van der Waals surface area contributed by atoms with Gasteiger partial charge in [0.1, 0.15) is 11.4 Å². The minimum Gasteiger partial charge on any atom is -0.497 e. The number of nitrogens with one attached hydrogen (secondary N) is 2. The molecule has 0 spiro atoms. The van der Waals surface area contributed by atoms with Gasteiger partial charge in [0.05, 0.1) is 14.2 Å². The van der Waals surface area contributed by atoms with E-state index in [-0.39, 0.29) is 12.0 Å². The zero-order chi connectivity index (χ0) is 15.2. The number of aromatic nitrogens is 1. The first-order valence-electron chi connectivity index (χ1n) is 6.77. The molecule has 2 N–H and O–H groups in total. The van der Waals surface area contributed by atoms with Crippen molar-refractivity contribution in [2.75, 3.05) is 14.2 Å². The third-order valence-electron chi connectivity index (χ3n) is 3.37. The maximum atomic E-state index is 11.4. The SMILES string of the molecule is COC(=O)c1ccc(CN[C@@H](C)c2ccc(OC)cc2)[nH]1. The predicted octanol–water partition coefficient (Wildman–Crippen LogP) is 2.66. The van der Waals surface area contributed by atoms with Crippen molar-refractivity contribution >= 4 is 5.97 Å². The van der Waals surface area contributed by atoms with Gasteiger partial charge < -0.3 is 19.8 Å². The van der Waals surface area contributed by atoms with E-state index in [1.165, 1.54) is 12.7 Å². The summed E-state index contributed by atoms with van der Waals surface area (Å²) in [5, 5.41) is 3.40. The van der Waals surface area contributed by atoms with Crippen molar-refractivity contribution in [1.29, 1.82) is 0 Å². The van der Waals surface area contributed by atoms with E-state index in [0.29, 0.717) is 12.2 Å². The molecule has 2 aromatic rings. The molecular formula is C16H20N2O3. The summed E-state index contributed by atoms with van der Waals surface area (Å²) in [6.07, 6.45) is 0.